The van der Waals surface area contributed by atoms with E-state index in [0.29, 0.717) is 16.9 Å². The number of anilines is 2. The molecular weight excluding hydrogens is 438 g/mol. The van der Waals surface area contributed by atoms with E-state index in [1.54, 1.807) is 13.1 Å². The molecule has 0 bridgehead atoms. The van der Waals surface area contributed by atoms with E-state index in [4.69, 9.17) is 0 Å². The van der Waals surface area contributed by atoms with Crippen LogP contribution in [0.5, 0.6) is 0 Å². The molecule has 0 radical (unpaired) electrons. The maximum Gasteiger partial charge on any atom is 0.221 e. The summed E-state index contributed by atoms with van der Waals surface area (Å²) in [5.74, 6) is -0.140. The Balaban J connectivity index is 1.57. The fourth-order valence-corrected chi connectivity index (χ4v) is 4.57. The minimum atomic E-state index is -0.155. The molecule has 1 amide bonds. The van der Waals surface area contributed by atoms with Gasteiger partial charge in [-0.15, -0.1) is 0 Å². The van der Waals surface area contributed by atoms with Crippen LogP contribution in [0, 0.1) is 0 Å². The predicted molar refractivity (Wildman–Crippen MR) is 140 cm³/mol. The maximum absolute atomic E-state index is 11.9. The van der Waals surface area contributed by atoms with Crippen molar-refractivity contribution in [2.75, 3.05) is 43.4 Å². The fourth-order valence-electron chi connectivity index (χ4n) is 4.57. The van der Waals surface area contributed by atoms with E-state index < -0.39 is 0 Å². The molecule has 35 heavy (non-hydrogen) atoms. The van der Waals surface area contributed by atoms with Crippen LogP contribution < -0.4 is 10.2 Å². The van der Waals surface area contributed by atoms with Gasteiger partial charge in [0.1, 0.15) is 0 Å². The highest BCUT2D eigenvalue weighted by molar-refractivity contribution is 5.96. The Morgan fingerprint density at radius 3 is 2.31 bits per heavy atom. The van der Waals surface area contributed by atoms with Crippen LogP contribution in [0.25, 0.3) is 28.0 Å². The number of ketones is 1. The van der Waals surface area contributed by atoms with Crippen LogP contribution in [-0.2, 0) is 4.79 Å². The number of rotatable bonds is 5. The summed E-state index contributed by atoms with van der Waals surface area (Å²) in [6.07, 6.45) is 3.81. The van der Waals surface area contributed by atoms with Crippen molar-refractivity contribution in [3.8, 4) is 22.4 Å². The maximum atomic E-state index is 11.9. The zero-order chi connectivity index (χ0) is 24.5. The van der Waals surface area contributed by atoms with Crippen molar-refractivity contribution >= 4 is 28.7 Å². The third-order valence-electron chi connectivity index (χ3n) is 6.55. The Labute approximate surface area is 205 Å². The summed E-state index contributed by atoms with van der Waals surface area (Å²) in [4.78, 5) is 33.2. The minimum Gasteiger partial charge on any atom is -0.369 e. The molecule has 0 aliphatic carbocycles. The smallest absolute Gasteiger partial charge is 0.221 e. The molecule has 2 aromatic carbocycles. The van der Waals surface area contributed by atoms with Gasteiger partial charge >= 0.3 is 0 Å². The molecule has 1 fully saturated rings. The summed E-state index contributed by atoms with van der Waals surface area (Å²) >= 11 is 0. The topological polar surface area (TPSA) is 70.0 Å². The summed E-state index contributed by atoms with van der Waals surface area (Å²) in [7, 11) is 2.16. The van der Waals surface area contributed by atoms with Crippen LogP contribution in [0.2, 0.25) is 0 Å². The third kappa shape index (κ3) is 4.68. The molecule has 7 heteroatoms. The number of nitrogens with one attached hydrogen (secondary N) is 1. The number of carbonyl (C=O) groups excluding carboxylic acids is 2. The second-order valence-corrected chi connectivity index (χ2v) is 9.13. The van der Waals surface area contributed by atoms with Crippen molar-refractivity contribution in [2.45, 2.75) is 13.8 Å². The van der Waals surface area contributed by atoms with Gasteiger partial charge in [-0.25, -0.2) is 4.98 Å². The predicted octanol–water partition coefficient (Wildman–Crippen LogP) is 4.58. The van der Waals surface area contributed by atoms with Gasteiger partial charge in [-0.1, -0.05) is 30.3 Å². The Morgan fingerprint density at radius 1 is 0.886 bits per heavy atom. The number of aromatic nitrogens is 2. The Morgan fingerprint density at radius 2 is 1.63 bits per heavy atom. The molecule has 7 nitrogen and oxygen atoms in total. The molecule has 1 saturated heterocycles. The van der Waals surface area contributed by atoms with E-state index in [2.05, 4.69) is 51.4 Å². The molecule has 1 aliphatic rings. The molecule has 0 saturated carbocycles. The molecule has 4 aromatic rings. The van der Waals surface area contributed by atoms with Crippen LogP contribution in [0.3, 0.4) is 0 Å². The Kier molecular flexibility index (Phi) is 6.09. The van der Waals surface area contributed by atoms with Crippen LogP contribution in [0.15, 0.2) is 67.0 Å². The minimum absolute atomic E-state index is 0.0146. The summed E-state index contributed by atoms with van der Waals surface area (Å²) in [5.41, 5.74) is 6.92. The van der Waals surface area contributed by atoms with Crippen molar-refractivity contribution in [1.29, 1.82) is 0 Å². The monoisotopic (exact) mass is 467 g/mol. The number of carbonyl (C=O) groups is 2. The number of pyridine rings is 1. The lowest BCUT2D eigenvalue weighted by molar-refractivity contribution is -0.114. The average molecular weight is 468 g/mol. The molecule has 0 spiro atoms. The second kappa shape index (κ2) is 9.35. The average Bonchev–Trinajstić information content (AvgIpc) is 3.29. The lowest BCUT2D eigenvalue weighted by atomic mass is 10.0. The van der Waals surface area contributed by atoms with Crippen molar-refractivity contribution in [1.82, 2.24) is 14.3 Å². The lowest BCUT2D eigenvalue weighted by Gasteiger charge is -2.34. The first kappa shape index (κ1) is 22.8. The van der Waals surface area contributed by atoms with Crippen molar-refractivity contribution < 1.29 is 9.59 Å². The Hall–Kier alpha value is -3.97. The zero-order valence-corrected chi connectivity index (χ0v) is 20.3. The van der Waals surface area contributed by atoms with Crippen molar-refractivity contribution in [3.05, 3.63) is 72.6 Å². The molecule has 1 aliphatic heterocycles. The number of fused-ring (bicyclic) bond motifs is 1. The number of imidazole rings is 1. The number of nitrogens with zero attached hydrogens (tertiary/aromatic N) is 4. The van der Waals surface area contributed by atoms with E-state index in [1.807, 2.05) is 40.9 Å². The van der Waals surface area contributed by atoms with Crippen molar-refractivity contribution in [3.63, 3.8) is 0 Å². The van der Waals surface area contributed by atoms with Gasteiger partial charge in [0.25, 0.3) is 0 Å². The summed E-state index contributed by atoms with van der Waals surface area (Å²) in [5, 5.41) is 2.93. The molecule has 2 aromatic heterocycles. The molecule has 0 atom stereocenters. The van der Waals surface area contributed by atoms with Gasteiger partial charge in [0.05, 0.1) is 17.6 Å². The molecule has 3 heterocycles. The van der Waals surface area contributed by atoms with E-state index in [0.717, 1.165) is 48.6 Å². The first-order valence-electron chi connectivity index (χ1n) is 11.8. The number of hydrogen-bond acceptors (Lipinski definition) is 5. The van der Waals surface area contributed by atoms with Crippen LogP contribution in [0.4, 0.5) is 11.4 Å². The molecule has 5 rings (SSSR count). The van der Waals surface area contributed by atoms with E-state index in [9.17, 15) is 9.59 Å². The van der Waals surface area contributed by atoms with Crippen LogP contribution in [0.1, 0.15) is 24.2 Å². The fraction of sp³-hybridized carbons (Fsp3) is 0.250. The number of piperazine rings is 1. The third-order valence-corrected chi connectivity index (χ3v) is 6.55. The zero-order valence-electron chi connectivity index (χ0n) is 20.3. The summed E-state index contributed by atoms with van der Waals surface area (Å²) < 4.78 is 1.98. The number of benzene rings is 2. The highest BCUT2D eigenvalue weighted by atomic mass is 16.1. The van der Waals surface area contributed by atoms with Gasteiger partial charge in [0.15, 0.2) is 11.4 Å². The quantitative estimate of drug-likeness (QED) is 0.435. The van der Waals surface area contributed by atoms with Gasteiger partial charge in [-0.05, 0) is 43.8 Å². The Bertz CT molecular complexity index is 1400. The van der Waals surface area contributed by atoms with E-state index in [1.165, 1.54) is 12.6 Å². The molecule has 0 unspecified atom stereocenters. The van der Waals surface area contributed by atoms with Crippen LogP contribution in [-0.4, -0.2) is 59.2 Å². The summed E-state index contributed by atoms with van der Waals surface area (Å²) in [6.45, 7) is 7.22. The van der Waals surface area contributed by atoms with Gasteiger partial charge < -0.3 is 15.1 Å². The van der Waals surface area contributed by atoms with Gasteiger partial charge in [-0.2, -0.15) is 0 Å². The largest absolute Gasteiger partial charge is 0.369 e. The van der Waals surface area contributed by atoms with E-state index >= 15 is 0 Å². The first-order valence-corrected chi connectivity index (χ1v) is 11.8. The van der Waals surface area contributed by atoms with Crippen LogP contribution >= 0.6 is 0 Å². The molecular formula is C28H29N5O2. The normalized spacial score (nSPS) is 14.3. The van der Waals surface area contributed by atoms with Gasteiger partial charge in [-0.3, -0.25) is 14.0 Å². The van der Waals surface area contributed by atoms with Gasteiger partial charge in [0, 0.05) is 61.7 Å². The lowest BCUT2D eigenvalue weighted by Crippen LogP contribution is -2.44. The standard InChI is InChI=1S/C28H29N5O2/c1-19(34)22-5-4-6-23(15-22)27-17-29-28-26(30-20(2)35)16-24(18-33(27)28)21-7-9-25(10-8-21)32-13-11-31(3)12-14-32/h4-10,15-18H,11-14H2,1-3H3,(H,30,35). The number of amides is 1. The highest BCUT2D eigenvalue weighted by Gasteiger charge is 2.16. The number of likely N-dealkylation sites (N-methyl/N-ethyl adjacent to an activating group) is 1. The molecule has 178 valence electrons. The van der Waals surface area contributed by atoms with E-state index in [-0.39, 0.29) is 11.7 Å². The number of Topliss-reactive ketones (excluding diaryl/α,β-unsaturated/α-hetero) is 1. The molecule has 1 N–H and O–H groups in total. The number of hydrogen-bond donors (Lipinski definition) is 1. The van der Waals surface area contributed by atoms with Gasteiger partial charge in [0.2, 0.25) is 5.91 Å². The second-order valence-electron chi connectivity index (χ2n) is 9.13. The van der Waals surface area contributed by atoms with Crippen molar-refractivity contribution in [2.24, 2.45) is 0 Å². The SMILES string of the molecule is CC(=O)Nc1cc(-c2ccc(N3CCN(C)CC3)cc2)cn2c(-c3cccc(C(C)=O)c3)cnc12. The highest BCUT2D eigenvalue weighted by Crippen LogP contribution is 2.31. The summed E-state index contributed by atoms with van der Waals surface area (Å²) in [6, 6.07) is 18.1. The first-order chi connectivity index (χ1) is 16.9.